The molecule has 0 fully saturated rings. The summed E-state index contributed by atoms with van der Waals surface area (Å²) in [5.74, 6) is -1.17. The Labute approximate surface area is 79.1 Å². The van der Waals surface area contributed by atoms with Gasteiger partial charge in [0.05, 0.1) is 13.2 Å². The second-order valence-electron chi connectivity index (χ2n) is 2.31. The Morgan fingerprint density at radius 2 is 1.85 bits per heavy atom. The molecule has 0 spiro atoms. The third-order valence-corrected chi connectivity index (χ3v) is 3.36. The monoisotopic (exact) mass is 208 g/mol. The molecule has 0 rings (SSSR count). The summed E-state index contributed by atoms with van der Waals surface area (Å²) in [6, 6.07) is 0. The van der Waals surface area contributed by atoms with Crippen molar-refractivity contribution in [1.82, 2.24) is 0 Å². The highest BCUT2D eigenvalue weighted by Crippen LogP contribution is 2.52. The van der Waals surface area contributed by atoms with Crippen LogP contribution in [-0.2, 0) is 13.6 Å². The molecule has 0 saturated heterocycles. The van der Waals surface area contributed by atoms with Crippen LogP contribution in [0.5, 0.6) is 0 Å². The SMILES string of the molecule is C/C=C/[C@H](O)P(=O)(OCC)OCC. The van der Waals surface area contributed by atoms with Gasteiger partial charge in [0.1, 0.15) is 0 Å². The van der Waals surface area contributed by atoms with Crippen molar-refractivity contribution in [3.63, 3.8) is 0 Å². The van der Waals surface area contributed by atoms with Crippen LogP contribution in [0.2, 0.25) is 0 Å². The predicted molar refractivity (Wildman–Crippen MR) is 51.7 cm³/mol. The molecule has 0 radical (unpaired) electrons. The van der Waals surface area contributed by atoms with Crippen molar-refractivity contribution in [2.75, 3.05) is 13.2 Å². The highest BCUT2D eigenvalue weighted by atomic mass is 31.2. The van der Waals surface area contributed by atoms with E-state index in [4.69, 9.17) is 9.05 Å². The van der Waals surface area contributed by atoms with Crippen molar-refractivity contribution >= 4 is 7.60 Å². The van der Waals surface area contributed by atoms with E-state index in [0.29, 0.717) is 0 Å². The summed E-state index contributed by atoms with van der Waals surface area (Å²) >= 11 is 0. The van der Waals surface area contributed by atoms with Gasteiger partial charge in [-0.25, -0.2) is 0 Å². The lowest BCUT2D eigenvalue weighted by Crippen LogP contribution is -2.09. The number of hydrogen-bond donors (Lipinski definition) is 1. The number of aliphatic hydroxyl groups excluding tert-OH is 1. The van der Waals surface area contributed by atoms with Gasteiger partial charge in [-0.1, -0.05) is 6.08 Å². The largest absolute Gasteiger partial charge is 0.377 e. The van der Waals surface area contributed by atoms with Gasteiger partial charge in [-0.15, -0.1) is 0 Å². The maximum Gasteiger partial charge on any atom is 0.362 e. The number of hydrogen-bond acceptors (Lipinski definition) is 4. The molecule has 1 atom stereocenters. The molecule has 0 unspecified atom stereocenters. The fourth-order valence-corrected chi connectivity index (χ4v) is 2.31. The molecule has 0 aromatic rings. The maximum absolute atomic E-state index is 11.8. The Morgan fingerprint density at radius 1 is 1.38 bits per heavy atom. The van der Waals surface area contributed by atoms with E-state index in [1.807, 2.05) is 0 Å². The summed E-state index contributed by atoms with van der Waals surface area (Å²) in [4.78, 5) is 0. The van der Waals surface area contributed by atoms with E-state index in [2.05, 4.69) is 0 Å². The van der Waals surface area contributed by atoms with Crippen molar-refractivity contribution in [3.8, 4) is 0 Å². The standard InChI is InChI=1S/C8H17O4P/c1-4-7-8(9)13(10,11-5-2)12-6-3/h4,7-9H,5-6H2,1-3H3/b7-4+/t8-/m1/s1. The predicted octanol–water partition coefficient (Wildman–Crippen LogP) is 2.15. The molecule has 13 heavy (non-hydrogen) atoms. The number of allylic oxidation sites excluding steroid dienone is 1. The molecule has 0 saturated carbocycles. The Bertz CT molecular complexity index is 192. The molecule has 0 aliphatic heterocycles. The van der Waals surface area contributed by atoms with Gasteiger partial charge in [0.25, 0.3) is 0 Å². The van der Waals surface area contributed by atoms with E-state index in [-0.39, 0.29) is 13.2 Å². The van der Waals surface area contributed by atoms with Crippen LogP contribution in [0.15, 0.2) is 12.2 Å². The summed E-state index contributed by atoms with van der Waals surface area (Å²) in [6.07, 6.45) is 3.00. The lowest BCUT2D eigenvalue weighted by molar-refractivity contribution is 0.168. The molecule has 0 amide bonds. The van der Waals surface area contributed by atoms with E-state index in [0.717, 1.165) is 0 Å². The molecule has 78 valence electrons. The zero-order valence-electron chi connectivity index (χ0n) is 8.27. The topological polar surface area (TPSA) is 55.8 Å². The van der Waals surface area contributed by atoms with E-state index in [1.54, 1.807) is 26.8 Å². The highest BCUT2D eigenvalue weighted by Gasteiger charge is 2.31. The Morgan fingerprint density at radius 3 is 2.15 bits per heavy atom. The maximum atomic E-state index is 11.8. The summed E-state index contributed by atoms with van der Waals surface area (Å²) in [5, 5.41) is 9.43. The molecule has 0 bridgehead atoms. The molecular formula is C8H17O4P. The minimum Gasteiger partial charge on any atom is -0.377 e. The first-order valence-electron chi connectivity index (χ1n) is 4.30. The minimum absolute atomic E-state index is 0.256. The summed E-state index contributed by atoms with van der Waals surface area (Å²) < 4.78 is 21.6. The van der Waals surface area contributed by atoms with Crippen molar-refractivity contribution in [1.29, 1.82) is 0 Å². The van der Waals surface area contributed by atoms with Crippen LogP contribution in [0.4, 0.5) is 0 Å². The van der Waals surface area contributed by atoms with Gasteiger partial charge in [-0.2, -0.15) is 0 Å². The van der Waals surface area contributed by atoms with Crippen LogP contribution in [0.3, 0.4) is 0 Å². The Balaban J connectivity index is 4.46. The van der Waals surface area contributed by atoms with Gasteiger partial charge in [0, 0.05) is 0 Å². The van der Waals surface area contributed by atoms with Crippen molar-refractivity contribution in [2.45, 2.75) is 26.6 Å². The van der Waals surface area contributed by atoms with Crippen LogP contribution in [0.1, 0.15) is 20.8 Å². The molecule has 0 aliphatic rings. The first-order chi connectivity index (χ1) is 6.10. The third kappa shape index (κ3) is 4.05. The minimum atomic E-state index is -3.36. The average molecular weight is 208 g/mol. The summed E-state index contributed by atoms with van der Waals surface area (Å²) in [6.45, 7) is 5.64. The van der Waals surface area contributed by atoms with Crippen LogP contribution < -0.4 is 0 Å². The molecule has 1 N–H and O–H groups in total. The first kappa shape index (κ1) is 12.8. The molecule has 0 aromatic heterocycles. The van der Waals surface area contributed by atoms with Gasteiger partial charge < -0.3 is 14.2 Å². The van der Waals surface area contributed by atoms with Gasteiger partial charge >= 0.3 is 7.60 Å². The highest BCUT2D eigenvalue weighted by molar-refractivity contribution is 7.54. The van der Waals surface area contributed by atoms with Crippen molar-refractivity contribution in [2.24, 2.45) is 0 Å². The van der Waals surface area contributed by atoms with Gasteiger partial charge in [-0.3, -0.25) is 4.57 Å². The second-order valence-corrected chi connectivity index (χ2v) is 4.44. The first-order valence-corrected chi connectivity index (χ1v) is 5.91. The van der Waals surface area contributed by atoms with E-state index in [1.165, 1.54) is 6.08 Å². The fourth-order valence-electron chi connectivity index (χ4n) is 0.827. The molecule has 4 nitrogen and oxygen atoms in total. The van der Waals surface area contributed by atoms with Crippen LogP contribution in [-0.4, -0.2) is 24.2 Å². The molecule has 0 heterocycles. The lowest BCUT2D eigenvalue weighted by Gasteiger charge is -2.19. The zero-order chi connectivity index (χ0) is 10.3. The van der Waals surface area contributed by atoms with Gasteiger partial charge in [0.2, 0.25) is 0 Å². The smallest absolute Gasteiger partial charge is 0.362 e. The number of rotatable bonds is 6. The lowest BCUT2D eigenvalue weighted by atomic mass is 10.6. The summed E-state index contributed by atoms with van der Waals surface area (Å²) in [5.41, 5.74) is 0. The fraction of sp³-hybridized carbons (Fsp3) is 0.750. The van der Waals surface area contributed by atoms with E-state index in [9.17, 15) is 9.67 Å². The van der Waals surface area contributed by atoms with E-state index < -0.39 is 13.4 Å². The van der Waals surface area contributed by atoms with Crippen LogP contribution in [0, 0.1) is 0 Å². The Hall–Kier alpha value is -0.150. The normalized spacial score (nSPS) is 15.1. The third-order valence-electron chi connectivity index (χ3n) is 1.31. The van der Waals surface area contributed by atoms with Crippen molar-refractivity contribution in [3.05, 3.63) is 12.2 Å². The second kappa shape index (κ2) is 6.33. The summed E-state index contributed by atoms with van der Waals surface area (Å²) in [7, 11) is -3.36. The molecule has 0 aromatic carbocycles. The molecular weight excluding hydrogens is 191 g/mol. The van der Waals surface area contributed by atoms with Gasteiger partial charge in [-0.05, 0) is 26.8 Å². The Kier molecular flexibility index (Phi) is 6.25. The quantitative estimate of drug-likeness (QED) is 0.536. The number of aliphatic hydroxyl groups is 1. The van der Waals surface area contributed by atoms with Crippen LogP contribution in [0.25, 0.3) is 0 Å². The van der Waals surface area contributed by atoms with E-state index >= 15 is 0 Å². The zero-order valence-corrected chi connectivity index (χ0v) is 9.16. The molecule has 0 aliphatic carbocycles. The van der Waals surface area contributed by atoms with Crippen molar-refractivity contribution < 1.29 is 18.7 Å². The molecule has 5 heteroatoms. The van der Waals surface area contributed by atoms with Gasteiger partial charge in [0.15, 0.2) is 5.85 Å². The average Bonchev–Trinajstić information content (AvgIpc) is 2.05. The van der Waals surface area contributed by atoms with Crippen LogP contribution >= 0.6 is 7.60 Å².